The molecule has 1 aliphatic heterocycles. The highest BCUT2D eigenvalue weighted by Crippen LogP contribution is 2.26. The standard InChI is InChI=1S/C15H23FN2O/c1-11-7-17-8-12(2)10-18(9-11)15-6-13(19-3)4-5-14(15)16/h4-6,11-12,17H,7-10H2,1-3H3. The quantitative estimate of drug-likeness (QED) is 0.890. The average molecular weight is 266 g/mol. The molecule has 1 N–H and O–H groups in total. The fraction of sp³-hybridized carbons (Fsp3) is 0.600. The Morgan fingerprint density at radius 3 is 2.42 bits per heavy atom. The molecule has 1 aliphatic rings. The van der Waals surface area contributed by atoms with Gasteiger partial charge in [-0.2, -0.15) is 0 Å². The second kappa shape index (κ2) is 6.24. The van der Waals surface area contributed by atoms with E-state index in [1.54, 1.807) is 19.2 Å². The Hall–Kier alpha value is -1.29. The molecule has 1 aromatic rings. The van der Waals surface area contributed by atoms with E-state index >= 15 is 0 Å². The summed E-state index contributed by atoms with van der Waals surface area (Å²) in [6.45, 7) is 8.06. The molecule has 1 saturated heterocycles. The van der Waals surface area contributed by atoms with Gasteiger partial charge in [-0.3, -0.25) is 0 Å². The summed E-state index contributed by atoms with van der Waals surface area (Å²) in [6, 6.07) is 4.95. The summed E-state index contributed by atoms with van der Waals surface area (Å²) in [5.41, 5.74) is 0.653. The van der Waals surface area contributed by atoms with E-state index in [-0.39, 0.29) is 5.82 Å². The monoisotopic (exact) mass is 266 g/mol. The average Bonchev–Trinajstić information content (AvgIpc) is 2.36. The molecule has 2 rings (SSSR count). The van der Waals surface area contributed by atoms with Crippen LogP contribution in [0.2, 0.25) is 0 Å². The topological polar surface area (TPSA) is 24.5 Å². The van der Waals surface area contributed by atoms with Gasteiger partial charge in [0.1, 0.15) is 11.6 Å². The molecule has 0 aromatic heterocycles. The van der Waals surface area contributed by atoms with Gasteiger partial charge in [-0.1, -0.05) is 13.8 Å². The van der Waals surface area contributed by atoms with Gasteiger partial charge in [0.15, 0.2) is 0 Å². The van der Waals surface area contributed by atoms with E-state index in [1.807, 2.05) is 0 Å². The van der Waals surface area contributed by atoms with Crippen LogP contribution in [0.25, 0.3) is 0 Å². The Bertz CT molecular complexity index is 413. The molecule has 1 fully saturated rings. The van der Waals surface area contributed by atoms with Crippen molar-refractivity contribution >= 4 is 5.69 Å². The molecule has 3 nitrogen and oxygen atoms in total. The Kier molecular flexibility index (Phi) is 4.64. The van der Waals surface area contributed by atoms with Gasteiger partial charge in [-0.15, -0.1) is 0 Å². The molecule has 19 heavy (non-hydrogen) atoms. The second-order valence-electron chi connectivity index (χ2n) is 5.59. The summed E-state index contributed by atoms with van der Waals surface area (Å²) in [6.07, 6.45) is 0. The number of halogens is 1. The Balaban J connectivity index is 2.25. The highest BCUT2D eigenvalue weighted by atomic mass is 19.1. The van der Waals surface area contributed by atoms with Crippen LogP contribution in [-0.4, -0.2) is 33.3 Å². The molecule has 0 spiro atoms. The van der Waals surface area contributed by atoms with Gasteiger partial charge in [0.2, 0.25) is 0 Å². The summed E-state index contributed by atoms with van der Waals surface area (Å²) in [5, 5.41) is 3.45. The van der Waals surface area contributed by atoms with E-state index in [1.165, 1.54) is 6.07 Å². The van der Waals surface area contributed by atoms with Crippen LogP contribution in [0.5, 0.6) is 5.75 Å². The smallest absolute Gasteiger partial charge is 0.146 e. The lowest BCUT2D eigenvalue weighted by molar-refractivity contribution is 0.402. The van der Waals surface area contributed by atoms with Crippen molar-refractivity contribution in [3.8, 4) is 5.75 Å². The molecule has 1 aromatic carbocycles. The number of hydrogen-bond donors (Lipinski definition) is 1. The highest BCUT2D eigenvalue weighted by molar-refractivity contribution is 5.52. The van der Waals surface area contributed by atoms with Gasteiger partial charge < -0.3 is 15.0 Å². The van der Waals surface area contributed by atoms with Crippen molar-refractivity contribution in [2.45, 2.75) is 13.8 Å². The minimum atomic E-state index is -0.172. The van der Waals surface area contributed by atoms with E-state index in [9.17, 15) is 4.39 Å². The van der Waals surface area contributed by atoms with Gasteiger partial charge in [0, 0.05) is 19.2 Å². The number of nitrogens with zero attached hydrogens (tertiary/aromatic N) is 1. The van der Waals surface area contributed by atoms with Crippen LogP contribution >= 0.6 is 0 Å². The normalized spacial score (nSPS) is 24.7. The Labute approximate surface area is 114 Å². The molecule has 2 atom stereocenters. The minimum Gasteiger partial charge on any atom is -0.497 e. The third-order valence-corrected chi connectivity index (χ3v) is 3.54. The molecular formula is C15H23FN2O. The molecule has 106 valence electrons. The van der Waals surface area contributed by atoms with Crippen molar-refractivity contribution in [1.29, 1.82) is 0 Å². The molecule has 0 bridgehead atoms. The van der Waals surface area contributed by atoms with Crippen molar-refractivity contribution in [2.75, 3.05) is 38.2 Å². The van der Waals surface area contributed by atoms with Crippen molar-refractivity contribution in [2.24, 2.45) is 11.8 Å². The van der Waals surface area contributed by atoms with Crippen molar-refractivity contribution in [1.82, 2.24) is 5.32 Å². The third-order valence-electron chi connectivity index (χ3n) is 3.54. The Morgan fingerprint density at radius 2 is 1.84 bits per heavy atom. The van der Waals surface area contributed by atoms with Crippen LogP contribution in [-0.2, 0) is 0 Å². The third kappa shape index (κ3) is 3.60. The molecule has 1 heterocycles. The fourth-order valence-electron chi connectivity index (χ4n) is 2.59. The summed E-state index contributed by atoms with van der Waals surface area (Å²) in [5.74, 6) is 1.53. The second-order valence-corrected chi connectivity index (χ2v) is 5.59. The highest BCUT2D eigenvalue weighted by Gasteiger charge is 2.20. The molecular weight excluding hydrogens is 243 g/mol. The van der Waals surface area contributed by atoms with Crippen molar-refractivity contribution in [3.63, 3.8) is 0 Å². The summed E-state index contributed by atoms with van der Waals surface area (Å²) < 4.78 is 19.3. The lowest BCUT2D eigenvalue weighted by atomic mass is 10.0. The van der Waals surface area contributed by atoms with Crippen LogP contribution in [0, 0.1) is 17.7 Å². The number of anilines is 1. The predicted octanol–water partition coefficient (Wildman–Crippen LogP) is 2.52. The first kappa shape index (κ1) is 14.1. The van der Waals surface area contributed by atoms with E-state index < -0.39 is 0 Å². The first-order chi connectivity index (χ1) is 9.10. The van der Waals surface area contributed by atoms with E-state index in [4.69, 9.17) is 4.74 Å². The van der Waals surface area contributed by atoms with Gasteiger partial charge in [-0.25, -0.2) is 4.39 Å². The number of nitrogens with one attached hydrogen (secondary N) is 1. The zero-order valence-electron chi connectivity index (χ0n) is 11.9. The summed E-state index contributed by atoms with van der Waals surface area (Å²) in [7, 11) is 1.61. The lowest BCUT2D eigenvalue weighted by Gasteiger charge is -2.33. The maximum absolute atomic E-state index is 14.1. The zero-order chi connectivity index (χ0) is 13.8. The van der Waals surface area contributed by atoms with Crippen LogP contribution in [0.1, 0.15) is 13.8 Å². The molecule has 0 amide bonds. The van der Waals surface area contributed by atoms with Gasteiger partial charge in [0.05, 0.1) is 12.8 Å². The molecule has 0 aliphatic carbocycles. The zero-order valence-corrected chi connectivity index (χ0v) is 11.9. The maximum Gasteiger partial charge on any atom is 0.146 e. The number of benzene rings is 1. The van der Waals surface area contributed by atoms with E-state index in [0.29, 0.717) is 23.3 Å². The molecule has 4 heteroatoms. The molecule has 0 saturated carbocycles. The van der Waals surface area contributed by atoms with Crippen molar-refractivity contribution in [3.05, 3.63) is 24.0 Å². The van der Waals surface area contributed by atoms with E-state index in [0.717, 1.165) is 26.2 Å². The van der Waals surface area contributed by atoms with Crippen LogP contribution < -0.4 is 15.0 Å². The Morgan fingerprint density at radius 1 is 1.21 bits per heavy atom. The van der Waals surface area contributed by atoms with Crippen molar-refractivity contribution < 1.29 is 9.13 Å². The number of methoxy groups -OCH3 is 1. The van der Waals surface area contributed by atoms with Gasteiger partial charge >= 0.3 is 0 Å². The lowest BCUT2D eigenvalue weighted by Crippen LogP contribution is -2.43. The van der Waals surface area contributed by atoms with Crippen LogP contribution in [0.3, 0.4) is 0 Å². The minimum absolute atomic E-state index is 0.172. The maximum atomic E-state index is 14.1. The summed E-state index contributed by atoms with van der Waals surface area (Å²) >= 11 is 0. The number of ether oxygens (including phenoxy) is 1. The fourth-order valence-corrected chi connectivity index (χ4v) is 2.59. The molecule has 0 radical (unpaired) electrons. The van der Waals surface area contributed by atoms with Gasteiger partial charge in [-0.05, 0) is 37.1 Å². The first-order valence-electron chi connectivity index (χ1n) is 6.89. The summed E-state index contributed by atoms with van der Waals surface area (Å²) in [4.78, 5) is 2.15. The van der Waals surface area contributed by atoms with Crippen LogP contribution in [0.4, 0.5) is 10.1 Å². The first-order valence-corrected chi connectivity index (χ1v) is 6.89. The SMILES string of the molecule is COc1ccc(F)c(N2CC(C)CNCC(C)C2)c1. The number of rotatable bonds is 2. The largest absolute Gasteiger partial charge is 0.497 e. The van der Waals surface area contributed by atoms with E-state index in [2.05, 4.69) is 24.1 Å². The van der Waals surface area contributed by atoms with Gasteiger partial charge in [0.25, 0.3) is 0 Å². The predicted molar refractivity (Wildman–Crippen MR) is 76.4 cm³/mol. The molecule has 2 unspecified atom stereocenters. The number of hydrogen-bond acceptors (Lipinski definition) is 3. The van der Waals surface area contributed by atoms with Crippen LogP contribution in [0.15, 0.2) is 18.2 Å².